The van der Waals surface area contributed by atoms with Gasteiger partial charge < -0.3 is 15.8 Å². The molecule has 4 rings (SSSR count). The summed E-state index contributed by atoms with van der Waals surface area (Å²) in [5, 5.41) is 4.26. The largest absolute Gasteiger partial charge is 4.00 e. The van der Waals surface area contributed by atoms with Gasteiger partial charge in [-0.25, -0.2) is 0 Å². The van der Waals surface area contributed by atoms with Crippen molar-refractivity contribution in [3.63, 3.8) is 0 Å². The molecule has 2 aliphatic carbocycles. The molecule has 2 aromatic rings. The molecule has 0 spiro atoms. The smallest absolute Gasteiger partial charge is 1.00 e. The van der Waals surface area contributed by atoms with Gasteiger partial charge in [-0.2, -0.15) is 12.5 Å². The van der Waals surface area contributed by atoms with Crippen LogP contribution < -0.4 is 14.7 Å². The Morgan fingerprint density at radius 1 is 1.04 bits per heavy atom. The molecule has 2 atom stereocenters. The summed E-state index contributed by atoms with van der Waals surface area (Å²) < 4.78 is 0. The van der Waals surface area contributed by atoms with Crippen LogP contribution in [0, 0.1) is 18.3 Å². The molecule has 4 heteroatoms. The van der Waals surface area contributed by atoms with Crippen LogP contribution in [0.15, 0.2) is 60.7 Å². The van der Waals surface area contributed by atoms with Crippen molar-refractivity contribution in [2.24, 2.45) is 11.8 Å². The zero-order valence-electron chi connectivity index (χ0n) is 14.1. The van der Waals surface area contributed by atoms with Gasteiger partial charge in [0.05, 0.1) is 0 Å². The molecule has 1 fully saturated rings. The molecule has 2 aliphatic rings. The van der Waals surface area contributed by atoms with Crippen LogP contribution in [0.25, 0.3) is 10.8 Å². The number of rotatable bonds is 1. The fourth-order valence-electron chi connectivity index (χ4n) is 3.09. The van der Waals surface area contributed by atoms with Gasteiger partial charge in [0, 0.05) is 0 Å². The van der Waals surface area contributed by atoms with Gasteiger partial charge in [-0.05, 0) is 19.2 Å². The molecule has 0 N–H and O–H groups in total. The molecular formula is C20H23F2PTi. The molecular weight excluding hydrogens is 357 g/mol. The Kier molecular flexibility index (Phi) is 10.7. The number of hydrogen-bond acceptors (Lipinski definition) is 0. The molecule has 0 bridgehead atoms. The Labute approximate surface area is 160 Å². The molecule has 1 saturated carbocycles. The molecule has 0 aliphatic heterocycles. The van der Waals surface area contributed by atoms with E-state index in [0.29, 0.717) is 0 Å². The first-order chi connectivity index (χ1) is 10.2. The maximum Gasteiger partial charge on any atom is 4.00 e. The summed E-state index contributed by atoms with van der Waals surface area (Å²) in [5.41, 5.74) is 0. The first-order valence-corrected chi connectivity index (χ1v) is 9.99. The SMILES string of the molecule is C1=CC2[CH-]CCC2C=C1.CP(C)c1cc2ccccc2[cH-]1.[F-].[F-].[Ti+4]. The summed E-state index contributed by atoms with van der Waals surface area (Å²) in [4.78, 5) is 0. The fourth-order valence-corrected chi connectivity index (χ4v) is 3.88. The molecule has 24 heavy (non-hydrogen) atoms. The van der Waals surface area contributed by atoms with E-state index in [4.69, 9.17) is 0 Å². The minimum absolute atomic E-state index is 0. The molecule has 0 heterocycles. The number of halogens is 2. The van der Waals surface area contributed by atoms with Crippen molar-refractivity contribution in [3.8, 4) is 0 Å². The van der Waals surface area contributed by atoms with E-state index in [0.717, 1.165) is 11.8 Å². The summed E-state index contributed by atoms with van der Waals surface area (Å²) in [7, 11) is 0.0576. The predicted molar refractivity (Wildman–Crippen MR) is 96.7 cm³/mol. The first-order valence-electron chi connectivity index (χ1n) is 7.75. The van der Waals surface area contributed by atoms with E-state index in [-0.39, 0.29) is 39.0 Å². The predicted octanol–water partition coefficient (Wildman–Crippen LogP) is -0.726. The molecule has 2 unspecified atom stereocenters. The van der Waals surface area contributed by atoms with Crippen LogP contribution >= 0.6 is 7.92 Å². The summed E-state index contributed by atoms with van der Waals surface area (Å²) in [6.45, 7) is 4.59. The molecule has 0 radical (unpaired) electrons. The van der Waals surface area contributed by atoms with E-state index in [1.807, 2.05) is 0 Å². The van der Waals surface area contributed by atoms with Crippen molar-refractivity contribution in [3.05, 3.63) is 67.1 Å². The zero-order valence-corrected chi connectivity index (χ0v) is 16.6. The van der Waals surface area contributed by atoms with Crippen LogP contribution in [-0.4, -0.2) is 13.3 Å². The molecule has 0 saturated heterocycles. The second-order valence-electron chi connectivity index (χ2n) is 6.06. The van der Waals surface area contributed by atoms with Gasteiger partial charge in [0.15, 0.2) is 0 Å². The Hall–Kier alpha value is -0.686. The second-order valence-corrected chi connectivity index (χ2v) is 8.37. The van der Waals surface area contributed by atoms with Crippen molar-refractivity contribution in [1.82, 2.24) is 0 Å². The third kappa shape index (κ3) is 5.69. The Morgan fingerprint density at radius 2 is 1.75 bits per heavy atom. The molecule has 0 amide bonds. The summed E-state index contributed by atoms with van der Waals surface area (Å²) in [6.07, 6.45) is 14.1. The van der Waals surface area contributed by atoms with Gasteiger partial charge in [-0.1, -0.05) is 30.7 Å². The number of benzene rings is 1. The maximum atomic E-state index is 2.42. The Balaban J connectivity index is 0.000000402. The first kappa shape index (κ1) is 23.3. The number of allylic oxidation sites excluding steroid dienone is 4. The molecule has 126 valence electrons. The average molecular weight is 380 g/mol. The van der Waals surface area contributed by atoms with Crippen molar-refractivity contribution in [2.45, 2.75) is 12.8 Å². The van der Waals surface area contributed by atoms with Gasteiger partial charge in [0.2, 0.25) is 0 Å². The van der Waals surface area contributed by atoms with E-state index < -0.39 is 0 Å². The van der Waals surface area contributed by atoms with E-state index in [2.05, 4.69) is 80.5 Å². The summed E-state index contributed by atoms with van der Waals surface area (Å²) >= 11 is 0. The zero-order chi connectivity index (χ0) is 14.7. The van der Waals surface area contributed by atoms with Gasteiger partial charge in [-0.3, -0.25) is 0 Å². The minimum atomic E-state index is 0. The summed E-state index contributed by atoms with van der Waals surface area (Å²) in [5.74, 6) is 1.62. The number of fused-ring (bicyclic) bond motifs is 2. The van der Waals surface area contributed by atoms with Crippen LogP contribution in [0.4, 0.5) is 0 Å². The quantitative estimate of drug-likeness (QED) is 0.348. The van der Waals surface area contributed by atoms with Gasteiger partial charge in [0.1, 0.15) is 0 Å². The van der Waals surface area contributed by atoms with E-state index in [1.165, 1.54) is 28.9 Å². The summed E-state index contributed by atoms with van der Waals surface area (Å²) in [6, 6.07) is 13.2. The molecule has 0 aromatic heterocycles. The van der Waals surface area contributed by atoms with Gasteiger partial charge in [0.25, 0.3) is 0 Å². The minimum Gasteiger partial charge on any atom is -1.00 e. The van der Waals surface area contributed by atoms with Gasteiger partial charge in [-0.15, -0.1) is 60.3 Å². The second kappa shape index (κ2) is 11.0. The van der Waals surface area contributed by atoms with Crippen molar-refractivity contribution >= 4 is 24.0 Å². The Bertz CT molecular complexity index is 609. The standard InChI is InChI=1S/C11H12P.C9H11.2FH.Ti/c1-12(2)11-7-9-5-3-4-6-10(9)8-11;1-2-5-9-7-3-6-8(9)4-1;;;/h3-8H,1-2H3;1-2,4-6,8-9H,3,7H2;2*1H;/q2*-1;;;+4/p-2. The van der Waals surface area contributed by atoms with Crippen molar-refractivity contribution in [1.29, 1.82) is 0 Å². The van der Waals surface area contributed by atoms with Gasteiger partial charge >= 0.3 is 21.7 Å². The van der Waals surface area contributed by atoms with Crippen LogP contribution in [0.5, 0.6) is 0 Å². The van der Waals surface area contributed by atoms with E-state index in [9.17, 15) is 0 Å². The van der Waals surface area contributed by atoms with Crippen LogP contribution in [0.3, 0.4) is 0 Å². The maximum absolute atomic E-state index is 2.42. The van der Waals surface area contributed by atoms with Crippen LogP contribution in [0.1, 0.15) is 12.8 Å². The average Bonchev–Trinajstić information content (AvgIpc) is 3.14. The molecule has 0 nitrogen and oxygen atoms in total. The van der Waals surface area contributed by atoms with Crippen molar-refractivity contribution in [2.75, 3.05) is 13.3 Å². The normalized spacial score (nSPS) is 20.3. The Morgan fingerprint density at radius 3 is 2.42 bits per heavy atom. The monoisotopic (exact) mass is 380 g/mol. The van der Waals surface area contributed by atoms with Crippen molar-refractivity contribution < 1.29 is 31.1 Å². The fraction of sp³-hybridized carbons (Fsp3) is 0.300. The van der Waals surface area contributed by atoms with E-state index >= 15 is 0 Å². The van der Waals surface area contributed by atoms with E-state index in [1.54, 1.807) is 0 Å². The van der Waals surface area contributed by atoms with Crippen LogP contribution in [0.2, 0.25) is 0 Å². The topological polar surface area (TPSA) is 0 Å². The molecule has 2 aromatic carbocycles. The number of hydrogen-bond donors (Lipinski definition) is 0. The third-order valence-corrected chi connectivity index (χ3v) is 5.65. The van der Waals surface area contributed by atoms with Crippen LogP contribution in [-0.2, 0) is 21.7 Å². The third-order valence-electron chi connectivity index (χ3n) is 4.36.